The fourth-order valence-corrected chi connectivity index (χ4v) is 1.06. The molecule has 1 saturated heterocycles. The average molecular weight is 115 g/mol. The van der Waals surface area contributed by atoms with Crippen molar-refractivity contribution < 1.29 is 9.47 Å². The molecule has 46 valence electrons. The van der Waals surface area contributed by atoms with Crippen LogP contribution in [0.2, 0.25) is 0 Å². The second kappa shape index (κ2) is 1.43. The van der Waals surface area contributed by atoms with Gasteiger partial charge in [-0.3, -0.25) is 0 Å². The van der Waals surface area contributed by atoms with Crippen LogP contribution in [0.1, 0.15) is 0 Å². The molecule has 0 spiro atoms. The second-order valence-corrected chi connectivity index (χ2v) is 2.25. The van der Waals surface area contributed by atoms with Gasteiger partial charge in [-0.25, -0.2) is 0 Å². The minimum atomic E-state index is 0.164. The lowest BCUT2D eigenvalue weighted by Gasteiger charge is -2.08. The van der Waals surface area contributed by atoms with Crippen LogP contribution in [0.4, 0.5) is 0 Å². The van der Waals surface area contributed by atoms with Crippen molar-refractivity contribution in [2.45, 2.75) is 18.2 Å². The van der Waals surface area contributed by atoms with Crippen molar-refractivity contribution in [1.29, 1.82) is 0 Å². The molecular formula is C5H9NO2. The third-order valence-corrected chi connectivity index (χ3v) is 1.65. The molecule has 3 atom stereocenters. The highest BCUT2D eigenvalue weighted by molar-refractivity contribution is 5.06. The number of hydrogen-bond donors (Lipinski definition) is 1. The summed E-state index contributed by atoms with van der Waals surface area (Å²) in [5.74, 6) is 0. The van der Waals surface area contributed by atoms with Crippen LogP contribution in [0, 0.1) is 0 Å². The van der Waals surface area contributed by atoms with Crippen LogP contribution in [-0.4, -0.2) is 31.5 Å². The maximum Gasteiger partial charge on any atom is 0.103 e. The first-order valence-electron chi connectivity index (χ1n) is 2.88. The van der Waals surface area contributed by atoms with E-state index < -0.39 is 0 Å². The number of hydrogen-bond acceptors (Lipinski definition) is 3. The summed E-state index contributed by atoms with van der Waals surface area (Å²) in [7, 11) is 0. The number of fused-ring (bicyclic) bond motifs is 1. The van der Waals surface area contributed by atoms with Gasteiger partial charge in [-0.2, -0.15) is 0 Å². The minimum absolute atomic E-state index is 0.164. The fourth-order valence-electron chi connectivity index (χ4n) is 1.06. The van der Waals surface area contributed by atoms with Gasteiger partial charge in [0.25, 0.3) is 0 Å². The summed E-state index contributed by atoms with van der Waals surface area (Å²) in [6, 6.07) is 0.164. The highest BCUT2D eigenvalue weighted by Crippen LogP contribution is 2.30. The van der Waals surface area contributed by atoms with Crippen molar-refractivity contribution in [3.8, 4) is 0 Å². The Labute approximate surface area is 47.8 Å². The molecule has 0 aromatic carbocycles. The molecule has 8 heavy (non-hydrogen) atoms. The molecule has 0 aromatic rings. The van der Waals surface area contributed by atoms with Gasteiger partial charge in [-0.05, 0) is 0 Å². The van der Waals surface area contributed by atoms with Crippen LogP contribution < -0.4 is 5.73 Å². The zero-order valence-electron chi connectivity index (χ0n) is 4.54. The Bertz CT molecular complexity index is 94.6. The van der Waals surface area contributed by atoms with E-state index in [0.717, 1.165) is 13.2 Å². The first kappa shape index (κ1) is 4.73. The smallest absolute Gasteiger partial charge is 0.103 e. The second-order valence-electron chi connectivity index (χ2n) is 2.25. The zero-order chi connectivity index (χ0) is 5.56. The van der Waals surface area contributed by atoms with Crippen molar-refractivity contribution in [3.05, 3.63) is 0 Å². The van der Waals surface area contributed by atoms with Gasteiger partial charge in [0.2, 0.25) is 0 Å². The molecule has 0 aromatic heterocycles. The van der Waals surface area contributed by atoms with Gasteiger partial charge in [0.15, 0.2) is 0 Å². The Kier molecular flexibility index (Phi) is 0.848. The van der Waals surface area contributed by atoms with Crippen molar-refractivity contribution in [2.24, 2.45) is 5.73 Å². The van der Waals surface area contributed by atoms with Crippen LogP contribution >= 0.6 is 0 Å². The number of rotatable bonds is 0. The molecule has 0 unspecified atom stereocenters. The first-order chi connectivity index (χ1) is 3.89. The highest BCUT2D eigenvalue weighted by Gasteiger charge is 2.52. The Balaban J connectivity index is 1.97. The molecule has 3 heteroatoms. The molecule has 0 bridgehead atoms. The fraction of sp³-hybridized carbons (Fsp3) is 1.00. The summed E-state index contributed by atoms with van der Waals surface area (Å²) in [6.07, 6.45) is 0.451. The van der Waals surface area contributed by atoms with Gasteiger partial charge in [-0.1, -0.05) is 0 Å². The lowest BCUT2D eigenvalue weighted by molar-refractivity contribution is -0.0376. The zero-order valence-corrected chi connectivity index (χ0v) is 4.54. The molecule has 1 saturated carbocycles. The highest BCUT2D eigenvalue weighted by atomic mass is 16.6. The molecule has 2 rings (SSSR count). The Morgan fingerprint density at radius 3 is 2.00 bits per heavy atom. The summed E-state index contributed by atoms with van der Waals surface area (Å²) >= 11 is 0. The number of nitrogens with two attached hydrogens (primary N) is 1. The predicted molar refractivity (Wildman–Crippen MR) is 27.5 cm³/mol. The van der Waals surface area contributed by atoms with E-state index in [2.05, 4.69) is 0 Å². The molecule has 1 aliphatic heterocycles. The third-order valence-electron chi connectivity index (χ3n) is 1.65. The molecule has 2 N–H and O–H groups in total. The van der Waals surface area contributed by atoms with Crippen molar-refractivity contribution in [1.82, 2.24) is 0 Å². The summed E-state index contributed by atoms with van der Waals surface area (Å²) in [4.78, 5) is 0. The topological polar surface area (TPSA) is 44.5 Å². The van der Waals surface area contributed by atoms with Crippen LogP contribution in [0.25, 0.3) is 0 Å². The molecule has 2 aliphatic rings. The lowest BCUT2D eigenvalue weighted by Crippen LogP contribution is -2.16. The molecule has 0 radical (unpaired) electrons. The van der Waals surface area contributed by atoms with Crippen LogP contribution in [-0.2, 0) is 9.47 Å². The molecule has 2 fully saturated rings. The van der Waals surface area contributed by atoms with E-state index in [-0.39, 0.29) is 18.2 Å². The van der Waals surface area contributed by atoms with E-state index in [4.69, 9.17) is 15.2 Å². The van der Waals surface area contributed by atoms with Gasteiger partial charge < -0.3 is 15.2 Å². The lowest BCUT2D eigenvalue weighted by atomic mass is 10.6. The molecule has 1 aliphatic carbocycles. The molecule has 3 nitrogen and oxygen atoms in total. The Morgan fingerprint density at radius 1 is 1.12 bits per heavy atom. The van der Waals surface area contributed by atoms with Crippen molar-refractivity contribution >= 4 is 0 Å². The van der Waals surface area contributed by atoms with E-state index in [1.54, 1.807) is 0 Å². The Morgan fingerprint density at radius 2 is 1.62 bits per heavy atom. The molecular weight excluding hydrogens is 106 g/mol. The van der Waals surface area contributed by atoms with E-state index in [1.165, 1.54) is 0 Å². The largest absolute Gasteiger partial charge is 0.371 e. The SMILES string of the molecule is N[C@@H]1[C@H]2OCCO[C@@H]12. The maximum absolute atomic E-state index is 5.52. The van der Waals surface area contributed by atoms with E-state index in [1.807, 2.05) is 0 Å². The molecule has 0 amide bonds. The molecule has 1 heterocycles. The Hall–Kier alpha value is -0.120. The number of ether oxygens (including phenoxy) is 2. The van der Waals surface area contributed by atoms with Crippen LogP contribution in [0.3, 0.4) is 0 Å². The van der Waals surface area contributed by atoms with Crippen molar-refractivity contribution in [3.63, 3.8) is 0 Å². The van der Waals surface area contributed by atoms with Gasteiger partial charge in [0.05, 0.1) is 19.3 Å². The van der Waals surface area contributed by atoms with Gasteiger partial charge in [0.1, 0.15) is 12.2 Å². The summed E-state index contributed by atoms with van der Waals surface area (Å²) < 4.78 is 10.4. The first-order valence-corrected chi connectivity index (χ1v) is 2.88. The standard InChI is InChI=1S/C5H9NO2/c6-3-4-5(3)8-2-1-7-4/h3-5H,1-2,6H2/t3-,4-,5+. The normalized spacial score (nSPS) is 52.9. The van der Waals surface area contributed by atoms with Crippen molar-refractivity contribution in [2.75, 3.05) is 13.2 Å². The quantitative estimate of drug-likeness (QED) is 0.445. The van der Waals surface area contributed by atoms with Crippen LogP contribution in [0.15, 0.2) is 0 Å². The average Bonchev–Trinajstić information content (AvgIpc) is 2.46. The van der Waals surface area contributed by atoms with Gasteiger partial charge in [0, 0.05) is 0 Å². The summed E-state index contributed by atoms with van der Waals surface area (Å²) in [6.45, 7) is 1.43. The monoisotopic (exact) mass is 115 g/mol. The summed E-state index contributed by atoms with van der Waals surface area (Å²) in [5.41, 5.74) is 5.52. The van der Waals surface area contributed by atoms with Gasteiger partial charge in [-0.15, -0.1) is 0 Å². The summed E-state index contributed by atoms with van der Waals surface area (Å²) in [5, 5.41) is 0. The van der Waals surface area contributed by atoms with E-state index in [0.29, 0.717) is 0 Å². The predicted octanol–water partition coefficient (Wildman–Crippen LogP) is -0.889. The maximum atomic E-state index is 5.52. The van der Waals surface area contributed by atoms with E-state index >= 15 is 0 Å². The minimum Gasteiger partial charge on any atom is -0.371 e. The third kappa shape index (κ3) is 0.491. The van der Waals surface area contributed by atoms with E-state index in [9.17, 15) is 0 Å². The van der Waals surface area contributed by atoms with Crippen LogP contribution in [0.5, 0.6) is 0 Å². The van der Waals surface area contributed by atoms with Gasteiger partial charge >= 0.3 is 0 Å².